The molecular weight excluding hydrogens is 410 g/mol. The summed E-state index contributed by atoms with van der Waals surface area (Å²) in [7, 11) is 1.86. The first-order valence-corrected chi connectivity index (χ1v) is 10.9. The molecular formula is C23H27N5O2S. The van der Waals surface area contributed by atoms with Gasteiger partial charge in [0.25, 0.3) is 5.91 Å². The number of aryl methyl sites for hydroxylation is 1. The van der Waals surface area contributed by atoms with Crippen LogP contribution in [0.1, 0.15) is 36.7 Å². The van der Waals surface area contributed by atoms with E-state index < -0.39 is 0 Å². The van der Waals surface area contributed by atoms with Crippen molar-refractivity contribution in [2.45, 2.75) is 38.4 Å². The van der Waals surface area contributed by atoms with Crippen molar-refractivity contribution < 1.29 is 9.59 Å². The van der Waals surface area contributed by atoms with Crippen LogP contribution >= 0.6 is 11.8 Å². The average molecular weight is 438 g/mol. The molecule has 7 nitrogen and oxygen atoms in total. The van der Waals surface area contributed by atoms with Crippen LogP contribution in [0.4, 0.5) is 5.69 Å². The van der Waals surface area contributed by atoms with E-state index in [0.29, 0.717) is 22.2 Å². The van der Waals surface area contributed by atoms with E-state index in [1.165, 1.54) is 11.8 Å². The molecule has 0 atom stereocenters. The third-order valence-corrected chi connectivity index (χ3v) is 5.47. The van der Waals surface area contributed by atoms with Crippen LogP contribution in [0.5, 0.6) is 0 Å². The summed E-state index contributed by atoms with van der Waals surface area (Å²) in [5, 5.41) is 15.0. The summed E-state index contributed by atoms with van der Waals surface area (Å²) in [6, 6.07) is 14.9. The molecule has 0 bridgehead atoms. The molecule has 8 heteroatoms. The smallest absolute Gasteiger partial charge is 0.255 e. The van der Waals surface area contributed by atoms with E-state index >= 15 is 0 Å². The molecule has 1 heterocycles. The van der Waals surface area contributed by atoms with E-state index in [1.54, 1.807) is 6.07 Å². The summed E-state index contributed by atoms with van der Waals surface area (Å²) in [5.74, 6) is 0.707. The Balaban J connectivity index is 1.72. The number of hydrogen-bond donors (Lipinski definition) is 2. The fraction of sp³-hybridized carbons (Fsp3) is 0.304. The monoisotopic (exact) mass is 437 g/mol. The largest absolute Gasteiger partial charge is 0.351 e. The van der Waals surface area contributed by atoms with Crippen molar-refractivity contribution >= 4 is 29.3 Å². The van der Waals surface area contributed by atoms with Gasteiger partial charge in [-0.25, -0.2) is 0 Å². The van der Waals surface area contributed by atoms with Crippen molar-refractivity contribution in [2.24, 2.45) is 7.05 Å². The first kappa shape index (κ1) is 22.6. The van der Waals surface area contributed by atoms with Crippen LogP contribution in [-0.2, 0) is 11.8 Å². The highest BCUT2D eigenvalue weighted by Gasteiger charge is 2.17. The predicted molar refractivity (Wildman–Crippen MR) is 124 cm³/mol. The Bertz CT molecular complexity index is 1100. The maximum absolute atomic E-state index is 12.6. The fourth-order valence-corrected chi connectivity index (χ4v) is 3.75. The van der Waals surface area contributed by atoms with Gasteiger partial charge in [0.2, 0.25) is 5.91 Å². The molecule has 2 N–H and O–H groups in total. The van der Waals surface area contributed by atoms with Crippen LogP contribution in [0.3, 0.4) is 0 Å². The van der Waals surface area contributed by atoms with Crippen LogP contribution in [0.25, 0.3) is 11.4 Å². The highest BCUT2D eigenvalue weighted by molar-refractivity contribution is 7.99. The number of rotatable bonds is 6. The van der Waals surface area contributed by atoms with Crippen molar-refractivity contribution in [3.8, 4) is 11.4 Å². The first-order valence-electron chi connectivity index (χ1n) is 9.94. The lowest BCUT2D eigenvalue weighted by Gasteiger charge is -2.20. The average Bonchev–Trinajstić information content (AvgIpc) is 3.06. The Labute approximate surface area is 186 Å². The van der Waals surface area contributed by atoms with Crippen molar-refractivity contribution in [3.63, 3.8) is 0 Å². The summed E-state index contributed by atoms with van der Waals surface area (Å²) in [6.07, 6.45) is 0. The highest BCUT2D eigenvalue weighted by Crippen LogP contribution is 2.25. The molecule has 0 spiro atoms. The zero-order valence-corrected chi connectivity index (χ0v) is 19.2. The SMILES string of the molecule is Cc1ccccc1C(=O)Nc1cccc(-c2nnc(SCC(=O)NC(C)(C)C)n2C)c1. The quantitative estimate of drug-likeness (QED) is 0.568. The van der Waals surface area contributed by atoms with Crippen LogP contribution in [0.2, 0.25) is 0 Å². The zero-order valence-electron chi connectivity index (χ0n) is 18.4. The van der Waals surface area contributed by atoms with Gasteiger partial charge >= 0.3 is 0 Å². The molecule has 0 saturated carbocycles. The molecule has 162 valence electrons. The molecule has 0 radical (unpaired) electrons. The van der Waals surface area contributed by atoms with E-state index in [4.69, 9.17) is 0 Å². The maximum atomic E-state index is 12.6. The molecule has 3 rings (SSSR count). The maximum Gasteiger partial charge on any atom is 0.255 e. The summed E-state index contributed by atoms with van der Waals surface area (Å²) in [6.45, 7) is 7.74. The minimum Gasteiger partial charge on any atom is -0.351 e. The van der Waals surface area contributed by atoms with Crippen LogP contribution < -0.4 is 10.6 Å². The normalized spacial score (nSPS) is 11.3. The van der Waals surface area contributed by atoms with Crippen LogP contribution in [-0.4, -0.2) is 37.9 Å². The standard InChI is InChI=1S/C23H27N5O2S/c1-15-9-6-7-12-18(15)21(30)24-17-11-8-10-16(13-17)20-26-27-22(28(20)5)31-14-19(29)25-23(2,3)4/h6-13H,14H2,1-5H3,(H,24,30)(H,25,29). The van der Waals surface area contributed by atoms with Gasteiger partial charge in [0, 0.05) is 29.4 Å². The topological polar surface area (TPSA) is 88.9 Å². The van der Waals surface area contributed by atoms with Gasteiger partial charge in [-0.05, 0) is 51.5 Å². The van der Waals surface area contributed by atoms with E-state index in [2.05, 4.69) is 20.8 Å². The molecule has 2 aromatic carbocycles. The van der Waals surface area contributed by atoms with Gasteiger partial charge < -0.3 is 15.2 Å². The molecule has 1 aromatic heterocycles. The summed E-state index contributed by atoms with van der Waals surface area (Å²) in [4.78, 5) is 24.7. The van der Waals surface area contributed by atoms with Gasteiger partial charge in [0.15, 0.2) is 11.0 Å². The highest BCUT2D eigenvalue weighted by atomic mass is 32.2. The minimum atomic E-state index is -0.272. The third kappa shape index (κ3) is 5.95. The first-order chi connectivity index (χ1) is 14.6. The number of thioether (sulfide) groups is 1. The number of carbonyl (C=O) groups is 2. The molecule has 0 aliphatic heterocycles. The lowest BCUT2D eigenvalue weighted by molar-refractivity contribution is -0.119. The molecule has 0 saturated heterocycles. The number of aromatic nitrogens is 3. The molecule has 2 amide bonds. The van der Waals surface area contributed by atoms with Crippen molar-refractivity contribution in [1.82, 2.24) is 20.1 Å². The van der Waals surface area contributed by atoms with Gasteiger partial charge in [-0.15, -0.1) is 10.2 Å². The molecule has 0 aliphatic carbocycles. The summed E-state index contributed by atoms with van der Waals surface area (Å²) >= 11 is 1.33. The Morgan fingerprint density at radius 2 is 1.81 bits per heavy atom. The lowest BCUT2D eigenvalue weighted by atomic mass is 10.1. The Morgan fingerprint density at radius 1 is 1.06 bits per heavy atom. The minimum absolute atomic E-state index is 0.0528. The molecule has 0 fully saturated rings. The van der Waals surface area contributed by atoms with Crippen molar-refractivity contribution in [3.05, 3.63) is 59.7 Å². The zero-order chi connectivity index (χ0) is 22.6. The van der Waals surface area contributed by atoms with E-state index in [1.807, 2.05) is 81.8 Å². The number of anilines is 1. The van der Waals surface area contributed by atoms with Crippen molar-refractivity contribution in [2.75, 3.05) is 11.1 Å². The van der Waals surface area contributed by atoms with Crippen LogP contribution in [0.15, 0.2) is 53.7 Å². The second-order valence-electron chi connectivity index (χ2n) is 8.30. The van der Waals surface area contributed by atoms with Gasteiger partial charge in [-0.2, -0.15) is 0 Å². The third-order valence-electron chi connectivity index (χ3n) is 4.45. The fourth-order valence-electron chi connectivity index (χ4n) is 3.04. The van der Waals surface area contributed by atoms with E-state index in [9.17, 15) is 9.59 Å². The number of hydrogen-bond acceptors (Lipinski definition) is 5. The van der Waals surface area contributed by atoms with Crippen LogP contribution in [0, 0.1) is 6.92 Å². The number of nitrogens with zero attached hydrogens (tertiary/aromatic N) is 3. The number of benzene rings is 2. The van der Waals surface area contributed by atoms with E-state index in [-0.39, 0.29) is 23.1 Å². The Kier molecular flexibility index (Phi) is 6.80. The second-order valence-corrected chi connectivity index (χ2v) is 9.24. The van der Waals surface area contributed by atoms with E-state index in [0.717, 1.165) is 11.1 Å². The number of nitrogens with one attached hydrogen (secondary N) is 2. The summed E-state index contributed by atoms with van der Waals surface area (Å²) < 4.78 is 1.84. The van der Waals surface area contributed by atoms with Crippen molar-refractivity contribution in [1.29, 1.82) is 0 Å². The molecule has 0 aliphatic rings. The van der Waals surface area contributed by atoms with Gasteiger partial charge in [0.05, 0.1) is 5.75 Å². The van der Waals surface area contributed by atoms with Gasteiger partial charge in [-0.3, -0.25) is 9.59 Å². The number of carbonyl (C=O) groups excluding carboxylic acids is 2. The molecule has 3 aromatic rings. The molecule has 31 heavy (non-hydrogen) atoms. The summed E-state index contributed by atoms with van der Waals surface area (Å²) in [5.41, 5.74) is 2.78. The number of amides is 2. The van der Waals surface area contributed by atoms with Gasteiger partial charge in [-0.1, -0.05) is 42.1 Å². The predicted octanol–water partition coefficient (Wildman–Crippen LogP) is 4.05. The Morgan fingerprint density at radius 3 is 2.52 bits per heavy atom. The lowest BCUT2D eigenvalue weighted by Crippen LogP contribution is -2.41. The second kappa shape index (κ2) is 9.34. The molecule has 0 unspecified atom stereocenters. The van der Waals surface area contributed by atoms with Gasteiger partial charge in [0.1, 0.15) is 0 Å². The Hall–Kier alpha value is -3.13.